The predicted octanol–water partition coefficient (Wildman–Crippen LogP) is 2.12. The van der Waals surface area contributed by atoms with Gasteiger partial charge in [-0.3, -0.25) is 4.99 Å². The van der Waals surface area contributed by atoms with Crippen molar-refractivity contribution in [3.8, 4) is 0 Å². The van der Waals surface area contributed by atoms with Crippen LogP contribution < -0.4 is 5.73 Å². The van der Waals surface area contributed by atoms with Crippen LogP contribution in [-0.2, 0) is 0 Å². The average molecular weight is 221 g/mol. The fourth-order valence-electron chi connectivity index (χ4n) is 3.39. The monoisotopic (exact) mass is 221 g/mol. The number of nitrogens with two attached hydrogens (primary N) is 1. The maximum atomic E-state index is 5.99. The van der Waals surface area contributed by atoms with Gasteiger partial charge in [-0.1, -0.05) is 32.1 Å². The van der Waals surface area contributed by atoms with Gasteiger partial charge in [0.05, 0.1) is 12.6 Å². The van der Waals surface area contributed by atoms with Crippen LogP contribution in [0.3, 0.4) is 0 Å². The van der Waals surface area contributed by atoms with E-state index in [0.29, 0.717) is 6.04 Å². The Balaban J connectivity index is 1.57. The maximum Gasteiger partial charge on any atom is 0.191 e. The SMILES string of the molecule is NC1=NCC(CC2CCCCC2)N1C1CC1. The van der Waals surface area contributed by atoms with E-state index in [4.69, 9.17) is 5.73 Å². The molecule has 0 aromatic carbocycles. The third kappa shape index (κ3) is 2.04. The van der Waals surface area contributed by atoms with Gasteiger partial charge in [0, 0.05) is 6.04 Å². The van der Waals surface area contributed by atoms with Gasteiger partial charge in [0.2, 0.25) is 0 Å². The Bertz CT molecular complexity index is 277. The lowest BCUT2D eigenvalue weighted by atomic mass is 9.84. The molecule has 2 saturated carbocycles. The van der Waals surface area contributed by atoms with Gasteiger partial charge in [0.1, 0.15) is 0 Å². The van der Waals surface area contributed by atoms with Crippen molar-refractivity contribution in [2.24, 2.45) is 16.6 Å². The van der Waals surface area contributed by atoms with Crippen LogP contribution >= 0.6 is 0 Å². The first-order chi connectivity index (χ1) is 7.84. The Labute approximate surface area is 98.1 Å². The van der Waals surface area contributed by atoms with Crippen molar-refractivity contribution in [1.29, 1.82) is 0 Å². The Morgan fingerprint density at radius 3 is 2.56 bits per heavy atom. The van der Waals surface area contributed by atoms with E-state index in [0.717, 1.165) is 24.5 Å². The van der Waals surface area contributed by atoms with Gasteiger partial charge in [0.25, 0.3) is 0 Å². The highest BCUT2D eigenvalue weighted by molar-refractivity contribution is 5.80. The van der Waals surface area contributed by atoms with Gasteiger partial charge in [-0.25, -0.2) is 0 Å². The van der Waals surface area contributed by atoms with E-state index in [1.807, 2.05) is 0 Å². The lowest BCUT2D eigenvalue weighted by Crippen LogP contribution is -2.43. The van der Waals surface area contributed by atoms with Crippen molar-refractivity contribution >= 4 is 5.96 Å². The van der Waals surface area contributed by atoms with Crippen LogP contribution in [0, 0.1) is 5.92 Å². The van der Waals surface area contributed by atoms with Crippen LogP contribution in [0.4, 0.5) is 0 Å². The molecule has 0 amide bonds. The molecule has 3 nitrogen and oxygen atoms in total. The molecule has 1 heterocycles. The summed E-state index contributed by atoms with van der Waals surface area (Å²) in [5.74, 6) is 1.77. The van der Waals surface area contributed by atoms with Gasteiger partial charge in [0.15, 0.2) is 5.96 Å². The molecule has 3 aliphatic rings. The number of hydrogen-bond acceptors (Lipinski definition) is 3. The molecule has 1 atom stereocenters. The van der Waals surface area contributed by atoms with Gasteiger partial charge < -0.3 is 10.6 Å². The second kappa shape index (κ2) is 4.27. The average Bonchev–Trinajstić information content (AvgIpc) is 3.07. The zero-order chi connectivity index (χ0) is 11.0. The molecule has 0 spiro atoms. The number of nitrogens with zero attached hydrogens (tertiary/aromatic N) is 2. The number of rotatable bonds is 3. The van der Waals surface area contributed by atoms with Crippen molar-refractivity contribution in [1.82, 2.24) is 4.90 Å². The molecule has 0 saturated heterocycles. The summed E-state index contributed by atoms with van der Waals surface area (Å²) in [5, 5.41) is 0. The largest absolute Gasteiger partial charge is 0.370 e. The predicted molar refractivity (Wildman–Crippen MR) is 66.3 cm³/mol. The minimum absolute atomic E-state index is 0.635. The molecule has 0 radical (unpaired) electrons. The molecule has 2 N–H and O–H groups in total. The summed E-state index contributed by atoms with van der Waals surface area (Å²) in [6.45, 7) is 0.957. The Morgan fingerprint density at radius 2 is 1.88 bits per heavy atom. The highest BCUT2D eigenvalue weighted by Crippen LogP contribution is 2.35. The summed E-state index contributed by atoms with van der Waals surface area (Å²) in [7, 11) is 0. The second-order valence-electron chi connectivity index (χ2n) is 5.73. The van der Waals surface area contributed by atoms with Crippen LogP contribution in [-0.4, -0.2) is 29.5 Å². The van der Waals surface area contributed by atoms with E-state index < -0.39 is 0 Å². The highest BCUT2D eigenvalue weighted by Gasteiger charge is 2.38. The summed E-state index contributed by atoms with van der Waals surface area (Å²) in [6.07, 6.45) is 11.2. The molecule has 90 valence electrons. The first-order valence-electron chi connectivity index (χ1n) is 6.93. The van der Waals surface area contributed by atoms with E-state index in [9.17, 15) is 0 Å². The molecule has 0 bridgehead atoms. The number of guanidine groups is 1. The van der Waals surface area contributed by atoms with Gasteiger partial charge in [-0.15, -0.1) is 0 Å². The summed E-state index contributed by atoms with van der Waals surface area (Å²) >= 11 is 0. The smallest absolute Gasteiger partial charge is 0.191 e. The minimum atomic E-state index is 0.635. The highest BCUT2D eigenvalue weighted by atomic mass is 15.4. The van der Waals surface area contributed by atoms with Crippen molar-refractivity contribution in [2.75, 3.05) is 6.54 Å². The lowest BCUT2D eigenvalue weighted by molar-refractivity contribution is 0.240. The van der Waals surface area contributed by atoms with Crippen LogP contribution in [0.5, 0.6) is 0 Å². The molecule has 0 aromatic rings. The molecule has 2 fully saturated rings. The normalized spacial score (nSPS) is 31.9. The van der Waals surface area contributed by atoms with E-state index in [2.05, 4.69) is 9.89 Å². The quantitative estimate of drug-likeness (QED) is 0.793. The number of hydrogen-bond donors (Lipinski definition) is 1. The Kier molecular flexibility index (Phi) is 2.78. The van der Waals surface area contributed by atoms with Crippen LogP contribution in [0.25, 0.3) is 0 Å². The zero-order valence-electron chi connectivity index (χ0n) is 10.1. The molecular formula is C13H23N3. The fourth-order valence-corrected chi connectivity index (χ4v) is 3.39. The van der Waals surface area contributed by atoms with Crippen LogP contribution in [0.1, 0.15) is 51.4 Å². The fraction of sp³-hybridized carbons (Fsp3) is 0.923. The van der Waals surface area contributed by atoms with Gasteiger partial charge >= 0.3 is 0 Å². The molecular weight excluding hydrogens is 198 g/mol. The third-order valence-corrected chi connectivity index (χ3v) is 4.39. The zero-order valence-corrected chi connectivity index (χ0v) is 10.1. The van der Waals surface area contributed by atoms with Crippen molar-refractivity contribution < 1.29 is 0 Å². The first kappa shape index (κ1) is 10.4. The summed E-state index contributed by atoms with van der Waals surface area (Å²) in [5.41, 5.74) is 5.99. The van der Waals surface area contributed by atoms with Crippen molar-refractivity contribution in [2.45, 2.75) is 63.5 Å². The molecule has 3 rings (SSSR count). The van der Waals surface area contributed by atoms with E-state index >= 15 is 0 Å². The van der Waals surface area contributed by atoms with Crippen LogP contribution in [0.15, 0.2) is 4.99 Å². The standard InChI is InChI=1S/C13H23N3/c14-13-15-9-12(16(13)11-6-7-11)8-10-4-2-1-3-5-10/h10-12H,1-9H2,(H2,14,15). The van der Waals surface area contributed by atoms with Crippen molar-refractivity contribution in [3.05, 3.63) is 0 Å². The topological polar surface area (TPSA) is 41.6 Å². The molecule has 16 heavy (non-hydrogen) atoms. The Morgan fingerprint density at radius 1 is 1.12 bits per heavy atom. The van der Waals surface area contributed by atoms with E-state index in [1.165, 1.54) is 51.4 Å². The molecule has 1 unspecified atom stereocenters. The lowest BCUT2D eigenvalue weighted by Gasteiger charge is -2.31. The minimum Gasteiger partial charge on any atom is -0.370 e. The van der Waals surface area contributed by atoms with E-state index in [1.54, 1.807) is 0 Å². The van der Waals surface area contributed by atoms with E-state index in [-0.39, 0.29) is 0 Å². The Hall–Kier alpha value is -0.730. The molecule has 2 aliphatic carbocycles. The van der Waals surface area contributed by atoms with Crippen LogP contribution in [0.2, 0.25) is 0 Å². The van der Waals surface area contributed by atoms with Crippen molar-refractivity contribution in [3.63, 3.8) is 0 Å². The summed E-state index contributed by atoms with van der Waals surface area (Å²) in [4.78, 5) is 6.87. The second-order valence-corrected chi connectivity index (χ2v) is 5.73. The van der Waals surface area contributed by atoms with Gasteiger partial charge in [-0.2, -0.15) is 0 Å². The van der Waals surface area contributed by atoms with Gasteiger partial charge in [-0.05, 0) is 25.2 Å². The molecule has 3 heteroatoms. The number of aliphatic imine (C=N–C) groups is 1. The maximum absolute atomic E-state index is 5.99. The summed E-state index contributed by atoms with van der Waals surface area (Å²) in [6, 6.07) is 1.37. The third-order valence-electron chi connectivity index (χ3n) is 4.39. The molecule has 0 aromatic heterocycles. The first-order valence-corrected chi connectivity index (χ1v) is 6.93. The summed E-state index contributed by atoms with van der Waals surface area (Å²) < 4.78 is 0. The molecule has 1 aliphatic heterocycles.